The predicted octanol–water partition coefficient (Wildman–Crippen LogP) is 14.8. The monoisotopic (exact) mass is 724 g/mol. The Bertz CT molecular complexity index is 3090. The van der Waals surface area contributed by atoms with Crippen molar-refractivity contribution >= 4 is 41.5 Å². The second kappa shape index (κ2) is 11.1. The number of benzene rings is 9. The lowest BCUT2D eigenvalue weighted by Crippen LogP contribution is -2.14. The lowest BCUT2D eigenvalue weighted by Gasteiger charge is -2.50. The van der Waals surface area contributed by atoms with Crippen LogP contribution in [0.2, 0.25) is 0 Å². The van der Waals surface area contributed by atoms with Gasteiger partial charge in [0.15, 0.2) is 0 Å². The second-order valence-electron chi connectivity index (χ2n) is 17.6. The van der Waals surface area contributed by atoms with E-state index in [1.54, 1.807) is 0 Å². The van der Waals surface area contributed by atoms with Crippen LogP contribution in [-0.4, -0.2) is 18.8 Å². The van der Waals surface area contributed by atoms with Crippen molar-refractivity contribution in [3.05, 3.63) is 181 Å². The summed E-state index contributed by atoms with van der Waals surface area (Å²) in [5.74, 6) is 0. The molecule has 0 saturated carbocycles. The molecule has 0 fully saturated rings. The summed E-state index contributed by atoms with van der Waals surface area (Å²) in [7, 11) is -2.44. The highest BCUT2D eigenvalue weighted by Gasteiger charge is 2.41. The second-order valence-corrected chi connectivity index (χ2v) is 24.1. The van der Waals surface area contributed by atoms with Crippen LogP contribution < -0.4 is 0 Å². The molecule has 2 aliphatic rings. The third-order valence-corrected chi connectivity index (χ3v) is 17.3. The van der Waals surface area contributed by atoms with Crippen molar-refractivity contribution in [2.45, 2.75) is 29.1 Å². The van der Waals surface area contributed by atoms with Crippen molar-refractivity contribution in [3.63, 3.8) is 0 Å². The normalized spacial score (nSPS) is 16.3. The zero-order valence-electron chi connectivity index (χ0n) is 32.1. The van der Waals surface area contributed by atoms with Gasteiger partial charge in [-0.3, -0.25) is 0 Å². The predicted molar refractivity (Wildman–Crippen MR) is 242 cm³/mol. The van der Waals surface area contributed by atoms with Gasteiger partial charge in [0.1, 0.15) is 0 Å². The Kier molecular flexibility index (Phi) is 6.56. The van der Waals surface area contributed by atoms with Crippen LogP contribution in [0.1, 0.15) is 25.0 Å². The molecule has 11 rings (SSSR count). The van der Waals surface area contributed by atoms with E-state index < -0.39 is 9.16 Å². The molecule has 0 aromatic heterocycles. The summed E-state index contributed by atoms with van der Waals surface area (Å²) >= 11 is 0. The lowest BCUT2D eigenvalue weighted by molar-refractivity contribution is 0.660. The Labute approximate surface area is 324 Å². The molecule has 0 N–H and O–H groups in total. The van der Waals surface area contributed by atoms with E-state index in [4.69, 9.17) is 0 Å². The Morgan fingerprint density at radius 1 is 0.345 bits per heavy atom. The molecule has 55 heavy (non-hydrogen) atoms. The molecule has 1 heteroatoms. The van der Waals surface area contributed by atoms with Crippen LogP contribution in [0.15, 0.2) is 180 Å². The first-order valence-corrected chi connectivity index (χ1v) is 23.1. The van der Waals surface area contributed by atoms with Gasteiger partial charge in [-0.1, -0.05) is 166 Å². The molecule has 1 aliphatic carbocycles. The van der Waals surface area contributed by atoms with Crippen LogP contribution in [-0.2, 0) is 5.41 Å². The van der Waals surface area contributed by atoms with Gasteiger partial charge in [0.05, 0.1) is 0 Å². The first-order chi connectivity index (χ1) is 26.6. The largest absolute Gasteiger partial charge is 0.247 e. The van der Waals surface area contributed by atoms with Crippen molar-refractivity contribution in [1.29, 1.82) is 0 Å². The van der Waals surface area contributed by atoms with Gasteiger partial charge >= 0.3 is 0 Å². The molecule has 1 heterocycles. The third-order valence-electron chi connectivity index (χ3n) is 13.2. The molecule has 1 aliphatic heterocycles. The van der Waals surface area contributed by atoms with Gasteiger partial charge in [0.25, 0.3) is 0 Å². The van der Waals surface area contributed by atoms with Crippen molar-refractivity contribution in [2.75, 3.05) is 18.8 Å². The van der Waals surface area contributed by atoms with E-state index in [9.17, 15) is 0 Å². The standard InChI is InChI=1S/C54H44S/c1-54(2)48-23-12-10-18-40(48)41-30-29-37(31-49(41)54)53-44-21-9-8-20-43(44)52(36-27-25-35(26-28-36)39-22-14-16-34-15-6-7-17-38(34)39)46-32-45-42-19-11-13-24-50(42)55(3,4,5)51(45)33-47(46)53/h6-33,55H,1-5H3. The van der Waals surface area contributed by atoms with Gasteiger partial charge in [-0.05, 0) is 146 Å². The van der Waals surface area contributed by atoms with Crippen molar-refractivity contribution < 1.29 is 0 Å². The Hall–Kier alpha value is -5.89. The highest BCUT2D eigenvalue weighted by atomic mass is 32.3. The summed E-state index contributed by atoms with van der Waals surface area (Å²) in [5.41, 5.74) is 15.9. The van der Waals surface area contributed by atoms with Crippen LogP contribution >= 0.6 is 9.16 Å². The van der Waals surface area contributed by atoms with E-state index in [0.29, 0.717) is 0 Å². The first-order valence-electron chi connectivity index (χ1n) is 19.6. The smallest absolute Gasteiger partial charge is 0.0159 e. The zero-order chi connectivity index (χ0) is 37.3. The summed E-state index contributed by atoms with van der Waals surface area (Å²) in [4.78, 5) is 3.03. The van der Waals surface area contributed by atoms with Crippen molar-refractivity contribution in [2.24, 2.45) is 0 Å². The molecule has 0 nitrogen and oxygen atoms in total. The van der Waals surface area contributed by atoms with Gasteiger partial charge < -0.3 is 0 Å². The zero-order valence-corrected chi connectivity index (χ0v) is 33.0. The fourth-order valence-corrected chi connectivity index (χ4v) is 13.9. The average Bonchev–Trinajstić information content (AvgIpc) is 3.55. The molecule has 0 amide bonds. The number of thiol groups is 1. The summed E-state index contributed by atoms with van der Waals surface area (Å²) in [6, 6.07) is 64.5. The molecule has 0 atom stereocenters. The molecule has 0 spiro atoms. The maximum atomic E-state index is 2.62. The number of rotatable bonds is 3. The van der Waals surface area contributed by atoms with Gasteiger partial charge in [-0.15, -0.1) is 0 Å². The average molecular weight is 725 g/mol. The van der Waals surface area contributed by atoms with Crippen LogP contribution in [0.5, 0.6) is 0 Å². The summed E-state index contributed by atoms with van der Waals surface area (Å²) in [5, 5.41) is 7.80. The van der Waals surface area contributed by atoms with E-state index in [1.165, 1.54) is 109 Å². The minimum absolute atomic E-state index is 0.0792. The molecule has 9 aromatic rings. The van der Waals surface area contributed by atoms with Crippen LogP contribution in [0, 0.1) is 0 Å². The molecule has 0 unspecified atom stereocenters. The minimum Gasteiger partial charge on any atom is -0.247 e. The SMILES string of the molecule is CC1(C)c2ccccc2-c2ccc(-c3c4ccccc4c(-c4ccc(-c5cccc6ccccc56)cc4)c4cc5c(cc34)[SH](C)(C)(C)c3ccccc3-5)cc21. The number of hydrogen-bond acceptors (Lipinski definition) is 0. The van der Waals surface area contributed by atoms with Crippen LogP contribution in [0.4, 0.5) is 0 Å². The molecule has 0 bridgehead atoms. The maximum Gasteiger partial charge on any atom is 0.0159 e. The fourth-order valence-electron chi connectivity index (χ4n) is 10.4. The molecular weight excluding hydrogens is 681 g/mol. The lowest BCUT2D eigenvalue weighted by atomic mass is 9.80. The summed E-state index contributed by atoms with van der Waals surface area (Å²) in [6.45, 7) is 4.78. The van der Waals surface area contributed by atoms with Gasteiger partial charge in [-0.25, -0.2) is 9.16 Å². The van der Waals surface area contributed by atoms with Crippen LogP contribution in [0.25, 0.3) is 88.0 Å². The molecule has 266 valence electrons. The van der Waals surface area contributed by atoms with E-state index in [2.05, 4.69) is 202 Å². The van der Waals surface area contributed by atoms with Gasteiger partial charge in [-0.2, -0.15) is 0 Å². The minimum atomic E-state index is -2.44. The Balaban J connectivity index is 1.22. The highest BCUT2D eigenvalue weighted by Crippen LogP contribution is 2.80. The number of hydrogen-bond donors (Lipinski definition) is 1. The Morgan fingerprint density at radius 3 is 1.67 bits per heavy atom. The molecule has 0 radical (unpaired) electrons. The first kappa shape index (κ1) is 32.5. The fraction of sp³-hybridized carbons (Fsp3) is 0.111. The molecular formula is C54H44S. The quantitative estimate of drug-likeness (QED) is 0.136. The molecule has 0 saturated heterocycles. The van der Waals surface area contributed by atoms with Crippen molar-refractivity contribution in [1.82, 2.24) is 0 Å². The third kappa shape index (κ3) is 4.48. The van der Waals surface area contributed by atoms with Gasteiger partial charge in [0.2, 0.25) is 0 Å². The Morgan fingerprint density at radius 2 is 0.891 bits per heavy atom. The van der Waals surface area contributed by atoms with E-state index in [1.807, 2.05) is 0 Å². The van der Waals surface area contributed by atoms with E-state index in [0.717, 1.165) is 0 Å². The van der Waals surface area contributed by atoms with Crippen molar-refractivity contribution in [3.8, 4) is 55.6 Å². The maximum absolute atomic E-state index is 2.62. The molecule has 9 aromatic carbocycles. The summed E-state index contributed by atoms with van der Waals surface area (Å²) in [6.07, 6.45) is 7.64. The van der Waals surface area contributed by atoms with E-state index >= 15 is 0 Å². The highest BCUT2D eigenvalue weighted by molar-refractivity contribution is 8.48. The van der Waals surface area contributed by atoms with E-state index in [-0.39, 0.29) is 5.41 Å². The number of fused-ring (bicyclic) bond motifs is 9. The topological polar surface area (TPSA) is 0 Å². The van der Waals surface area contributed by atoms with Crippen LogP contribution in [0.3, 0.4) is 0 Å². The summed E-state index contributed by atoms with van der Waals surface area (Å²) < 4.78 is 0. The van der Waals surface area contributed by atoms with Gasteiger partial charge in [0, 0.05) is 5.41 Å².